The predicted octanol–water partition coefficient (Wildman–Crippen LogP) is 2.91. The number of hydrogen-bond donors (Lipinski definition) is 1. The summed E-state index contributed by atoms with van der Waals surface area (Å²) < 4.78 is 0.936. The Morgan fingerprint density at radius 2 is 2.19 bits per heavy atom. The second kappa shape index (κ2) is 6.68. The molecule has 0 aliphatic carbocycles. The number of nitrogens with one attached hydrogen (secondary N) is 1. The van der Waals surface area contributed by atoms with Gasteiger partial charge in [-0.1, -0.05) is 19.8 Å². The molecule has 0 aliphatic heterocycles. The molecule has 0 amide bonds. The molecule has 0 saturated heterocycles. The lowest BCUT2D eigenvalue weighted by molar-refractivity contribution is 0.700. The lowest BCUT2D eigenvalue weighted by Crippen LogP contribution is -2.20. The van der Waals surface area contributed by atoms with Crippen LogP contribution in [0.2, 0.25) is 0 Å². The minimum absolute atomic E-state index is 0.653. The molecule has 1 rings (SSSR count). The quantitative estimate of drug-likeness (QED) is 0.817. The first-order chi connectivity index (χ1) is 7.69. The van der Waals surface area contributed by atoms with Gasteiger partial charge in [0.15, 0.2) is 0 Å². The molecule has 1 aromatic heterocycles. The fraction of sp³-hybridized carbons (Fsp3) is 0.636. The van der Waals surface area contributed by atoms with Gasteiger partial charge < -0.3 is 10.2 Å². The molecule has 16 heavy (non-hydrogen) atoms. The number of unbranched alkanes of at least 4 members (excludes halogenated alkanes) is 2. The average Bonchev–Trinajstić information content (AvgIpc) is 2.30. The third-order valence-electron chi connectivity index (χ3n) is 2.41. The predicted molar refractivity (Wildman–Crippen MR) is 72.1 cm³/mol. The van der Waals surface area contributed by atoms with E-state index in [-0.39, 0.29) is 0 Å². The van der Waals surface area contributed by atoms with Crippen molar-refractivity contribution in [1.29, 1.82) is 0 Å². The summed E-state index contributed by atoms with van der Waals surface area (Å²) in [4.78, 5) is 10.7. The number of hydrogen-bond acceptors (Lipinski definition) is 4. The molecule has 5 heteroatoms. The van der Waals surface area contributed by atoms with Gasteiger partial charge >= 0.3 is 0 Å². The molecule has 0 aromatic carbocycles. The van der Waals surface area contributed by atoms with E-state index >= 15 is 0 Å². The smallest absolute Gasteiger partial charge is 0.224 e. The molecular formula is C11H19BrN4. The topological polar surface area (TPSA) is 41.1 Å². The van der Waals surface area contributed by atoms with Crippen LogP contribution in [0.25, 0.3) is 0 Å². The Labute approximate surface area is 106 Å². The Morgan fingerprint density at radius 3 is 2.81 bits per heavy atom. The van der Waals surface area contributed by atoms with E-state index in [2.05, 4.69) is 50.1 Å². The van der Waals surface area contributed by atoms with Gasteiger partial charge in [-0.05, 0) is 22.4 Å². The van der Waals surface area contributed by atoms with Crippen molar-refractivity contribution in [3.05, 3.63) is 10.7 Å². The normalized spacial score (nSPS) is 10.2. The van der Waals surface area contributed by atoms with Crippen LogP contribution in [0, 0.1) is 0 Å². The fourth-order valence-electron chi connectivity index (χ4n) is 1.45. The van der Waals surface area contributed by atoms with Crippen LogP contribution in [0.3, 0.4) is 0 Å². The highest BCUT2D eigenvalue weighted by molar-refractivity contribution is 9.10. The largest absolute Gasteiger partial charge is 0.359 e. The summed E-state index contributed by atoms with van der Waals surface area (Å²) in [7, 11) is 3.88. The van der Waals surface area contributed by atoms with Crippen LogP contribution in [-0.4, -0.2) is 30.6 Å². The standard InChI is InChI=1S/C11H19BrN4/c1-4-5-6-7-16(3)10-9(12)8-14-11(13-2)15-10/h8H,4-7H2,1-3H3,(H,13,14,15). The molecule has 0 unspecified atom stereocenters. The van der Waals surface area contributed by atoms with Crippen molar-refractivity contribution in [1.82, 2.24) is 9.97 Å². The summed E-state index contributed by atoms with van der Waals surface area (Å²) in [6, 6.07) is 0. The number of anilines is 2. The van der Waals surface area contributed by atoms with Gasteiger partial charge in [-0.2, -0.15) is 4.98 Å². The summed E-state index contributed by atoms with van der Waals surface area (Å²) >= 11 is 3.47. The van der Waals surface area contributed by atoms with Gasteiger partial charge in [-0.25, -0.2) is 4.98 Å². The monoisotopic (exact) mass is 286 g/mol. The lowest BCUT2D eigenvalue weighted by atomic mass is 10.2. The van der Waals surface area contributed by atoms with Crippen LogP contribution >= 0.6 is 15.9 Å². The van der Waals surface area contributed by atoms with E-state index in [1.165, 1.54) is 19.3 Å². The SMILES string of the molecule is CCCCCN(C)c1nc(NC)ncc1Br. The molecule has 0 atom stereocenters. The first-order valence-corrected chi connectivity index (χ1v) is 6.39. The van der Waals surface area contributed by atoms with Gasteiger partial charge in [0.2, 0.25) is 5.95 Å². The van der Waals surface area contributed by atoms with Crippen LogP contribution in [0.5, 0.6) is 0 Å². The van der Waals surface area contributed by atoms with Crippen LogP contribution < -0.4 is 10.2 Å². The molecule has 0 aliphatic rings. The molecule has 1 N–H and O–H groups in total. The summed E-state index contributed by atoms with van der Waals surface area (Å²) in [6.07, 6.45) is 5.47. The van der Waals surface area contributed by atoms with E-state index in [9.17, 15) is 0 Å². The van der Waals surface area contributed by atoms with E-state index in [0.29, 0.717) is 5.95 Å². The van der Waals surface area contributed by atoms with E-state index in [0.717, 1.165) is 16.8 Å². The zero-order valence-corrected chi connectivity index (χ0v) is 11.7. The van der Waals surface area contributed by atoms with Gasteiger partial charge in [0, 0.05) is 26.8 Å². The third-order valence-corrected chi connectivity index (χ3v) is 2.97. The molecule has 0 radical (unpaired) electrons. The summed E-state index contributed by atoms with van der Waals surface area (Å²) in [5, 5.41) is 2.95. The van der Waals surface area contributed by atoms with E-state index < -0.39 is 0 Å². The second-order valence-electron chi connectivity index (χ2n) is 3.74. The van der Waals surface area contributed by atoms with Crippen molar-refractivity contribution in [2.45, 2.75) is 26.2 Å². The van der Waals surface area contributed by atoms with Crippen molar-refractivity contribution in [2.75, 3.05) is 30.9 Å². The molecule has 1 heterocycles. The zero-order valence-electron chi connectivity index (χ0n) is 10.1. The van der Waals surface area contributed by atoms with Crippen LogP contribution in [0.1, 0.15) is 26.2 Å². The van der Waals surface area contributed by atoms with Crippen LogP contribution in [-0.2, 0) is 0 Å². The van der Waals surface area contributed by atoms with Crippen molar-refractivity contribution >= 4 is 27.7 Å². The van der Waals surface area contributed by atoms with Crippen LogP contribution in [0.4, 0.5) is 11.8 Å². The molecule has 4 nitrogen and oxygen atoms in total. The summed E-state index contributed by atoms with van der Waals surface area (Å²) in [5.41, 5.74) is 0. The van der Waals surface area contributed by atoms with Gasteiger partial charge in [0.25, 0.3) is 0 Å². The minimum Gasteiger partial charge on any atom is -0.359 e. The number of aromatic nitrogens is 2. The van der Waals surface area contributed by atoms with Crippen LogP contribution in [0.15, 0.2) is 10.7 Å². The Hall–Kier alpha value is -0.840. The Morgan fingerprint density at radius 1 is 1.44 bits per heavy atom. The molecule has 0 saturated carbocycles. The number of halogens is 1. The average molecular weight is 287 g/mol. The number of rotatable bonds is 6. The first-order valence-electron chi connectivity index (χ1n) is 5.60. The molecule has 1 aromatic rings. The Balaban J connectivity index is 2.69. The third kappa shape index (κ3) is 3.63. The number of nitrogens with zero attached hydrogens (tertiary/aromatic N) is 3. The highest BCUT2D eigenvalue weighted by atomic mass is 79.9. The van der Waals surface area contributed by atoms with Gasteiger partial charge in [0.1, 0.15) is 5.82 Å². The van der Waals surface area contributed by atoms with E-state index in [4.69, 9.17) is 0 Å². The van der Waals surface area contributed by atoms with Crippen molar-refractivity contribution < 1.29 is 0 Å². The lowest BCUT2D eigenvalue weighted by Gasteiger charge is -2.19. The maximum Gasteiger partial charge on any atom is 0.224 e. The highest BCUT2D eigenvalue weighted by Gasteiger charge is 2.08. The first kappa shape index (κ1) is 13.2. The molecule has 0 spiro atoms. The highest BCUT2D eigenvalue weighted by Crippen LogP contribution is 2.23. The zero-order chi connectivity index (χ0) is 12.0. The summed E-state index contributed by atoms with van der Waals surface area (Å²) in [6.45, 7) is 3.23. The van der Waals surface area contributed by atoms with E-state index in [1.807, 2.05) is 7.05 Å². The maximum absolute atomic E-state index is 4.43. The van der Waals surface area contributed by atoms with Crippen molar-refractivity contribution in [2.24, 2.45) is 0 Å². The molecule has 90 valence electrons. The van der Waals surface area contributed by atoms with Gasteiger partial charge in [-0.15, -0.1) is 0 Å². The van der Waals surface area contributed by atoms with Crippen molar-refractivity contribution in [3.63, 3.8) is 0 Å². The summed E-state index contributed by atoms with van der Waals surface area (Å²) in [5.74, 6) is 1.59. The fourth-order valence-corrected chi connectivity index (χ4v) is 1.94. The molecule has 0 bridgehead atoms. The maximum atomic E-state index is 4.43. The Bertz CT molecular complexity index is 330. The minimum atomic E-state index is 0.653. The van der Waals surface area contributed by atoms with E-state index in [1.54, 1.807) is 6.20 Å². The molecule has 0 fully saturated rings. The molecular weight excluding hydrogens is 268 g/mol. The van der Waals surface area contributed by atoms with Gasteiger partial charge in [0.05, 0.1) is 4.47 Å². The van der Waals surface area contributed by atoms with Gasteiger partial charge in [-0.3, -0.25) is 0 Å². The Kier molecular flexibility index (Phi) is 5.52. The van der Waals surface area contributed by atoms with Crippen molar-refractivity contribution in [3.8, 4) is 0 Å². The second-order valence-corrected chi connectivity index (χ2v) is 4.60.